The molecule has 0 radical (unpaired) electrons. The van der Waals surface area contributed by atoms with E-state index in [1.807, 2.05) is 24.0 Å². The molecular weight excluding hydrogens is 648 g/mol. The summed E-state index contributed by atoms with van der Waals surface area (Å²) in [7, 11) is 0. The lowest BCUT2D eigenvalue weighted by atomic mass is 9.49. The number of carbonyl (C=O) groups excluding carboxylic acids is 2. The number of amides is 1. The SMILES string of the molecule is CCOC(=O)N(CC12CC3CC(CC(C3)C1)C2)CC1(O)CCC2c3ccc(cc3C(=O)c3ccc(F)c(F)c3)CC(O)CCC(C)=CCCC21C. The van der Waals surface area contributed by atoms with Crippen LogP contribution in [0.2, 0.25) is 0 Å². The number of rotatable bonds is 7. The molecule has 6 bridgehead atoms. The molecule has 0 saturated heterocycles. The van der Waals surface area contributed by atoms with Crippen LogP contribution in [-0.4, -0.2) is 58.4 Å². The standard InChI is InChI=1S/C43H55F2NO5/c1-4-51-40(49)46(25-42-22-29-16-30(23-42)18-31(17-29)24-42)26-43(50)15-13-36-34-11-8-28(19-33(47)10-7-27(2)6-5-14-41(36,43)3)20-35(34)39(48)32-9-12-37(44)38(45)21-32/h6,8-9,11-12,20-21,29-31,33,36,47,50H,4-5,7,10,13-19,22-26H2,1-3H3. The first-order chi connectivity index (χ1) is 24.3. The van der Waals surface area contributed by atoms with E-state index < -0.39 is 34.5 Å². The van der Waals surface area contributed by atoms with E-state index in [0.29, 0.717) is 50.6 Å². The normalized spacial score (nSPS) is 34.5. The summed E-state index contributed by atoms with van der Waals surface area (Å²) < 4.78 is 34.0. The van der Waals surface area contributed by atoms with Gasteiger partial charge < -0.3 is 19.8 Å². The van der Waals surface area contributed by atoms with Crippen molar-refractivity contribution in [3.05, 3.63) is 81.9 Å². The van der Waals surface area contributed by atoms with Crippen LogP contribution in [0.5, 0.6) is 0 Å². The van der Waals surface area contributed by atoms with Gasteiger partial charge in [0.05, 0.1) is 24.9 Å². The Morgan fingerprint density at radius 2 is 1.65 bits per heavy atom. The number of aliphatic hydroxyl groups excluding tert-OH is 1. The molecule has 51 heavy (non-hydrogen) atoms. The van der Waals surface area contributed by atoms with Crippen molar-refractivity contribution in [2.45, 2.75) is 122 Å². The first-order valence-corrected chi connectivity index (χ1v) is 19.4. The lowest BCUT2D eigenvalue weighted by Crippen LogP contribution is -2.58. The Bertz CT molecular complexity index is 1650. The van der Waals surface area contributed by atoms with Gasteiger partial charge in [-0.25, -0.2) is 13.6 Å². The molecule has 1 amide bonds. The maximum atomic E-state index is 14.4. The van der Waals surface area contributed by atoms with Crippen LogP contribution in [0.1, 0.15) is 131 Å². The number of ether oxygens (including phenoxy) is 1. The molecule has 7 aliphatic carbocycles. The molecule has 5 fully saturated rings. The fourth-order valence-corrected chi connectivity index (χ4v) is 11.6. The van der Waals surface area contributed by atoms with Crippen LogP contribution in [-0.2, 0) is 11.2 Å². The van der Waals surface area contributed by atoms with Gasteiger partial charge >= 0.3 is 6.09 Å². The smallest absolute Gasteiger partial charge is 0.409 e. The molecule has 0 heterocycles. The fourth-order valence-electron chi connectivity index (χ4n) is 11.6. The van der Waals surface area contributed by atoms with Crippen molar-refractivity contribution in [2.24, 2.45) is 28.6 Å². The number of carbonyl (C=O) groups is 2. The van der Waals surface area contributed by atoms with Crippen LogP contribution in [0, 0.1) is 40.2 Å². The summed E-state index contributed by atoms with van der Waals surface area (Å²) in [5, 5.41) is 24.0. The molecule has 5 saturated carbocycles. The highest BCUT2D eigenvalue weighted by molar-refractivity contribution is 6.10. The molecule has 0 aromatic heterocycles. The van der Waals surface area contributed by atoms with E-state index in [1.165, 1.54) is 30.9 Å². The Balaban J connectivity index is 1.27. The first kappa shape index (κ1) is 36.3. The van der Waals surface area contributed by atoms with Crippen molar-refractivity contribution < 1.29 is 33.3 Å². The van der Waals surface area contributed by atoms with Crippen molar-refractivity contribution in [1.82, 2.24) is 4.90 Å². The van der Waals surface area contributed by atoms with Crippen LogP contribution in [0.25, 0.3) is 0 Å². The van der Waals surface area contributed by atoms with Crippen molar-refractivity contribution in [1.29, 1.82) is 0 Å². The molecule has 2 aromatic rings. The van der Waals surface area contributed by atoms with E-state index in [2.05, 4.69) is 19.9 Å². The number of fused-ring (bicyclic) bond motifs is 8. The van der Waals surface area contributed by atoms with Gasteiger partial charge in [-0.15, -0.1) is 0 Å². The molecule has 4 unspecified atom stereocenters. The van der Waals surface area contributed by atoms with Crippen LogP contribution < -0.4 is 0 Å². The van der Waals surface area contributed by atoms with Crippen LogP contribution in [0.4, 0.5) is 13.6 Å². The summed E-state index contributed by atoms with van der Waals surface area (Å²) in [5.41, 5.74) is 1.19. The van der Waals surface area contributed by atoms with E-state index >= 15 is 0 Å². The van der Waals surface area contributed by atoms with Gasteiger partial charge in [0.25, 0.3) is 0 Å². The van der Waals surface area contributed by atoms with Crippen LogP contribution >= 0.6 is 0 Å². The number of hydrogen-bond acceptors (Lipinski definition) is 5. The van der Waals surface area contributed by atoms with Gasteiger partial charge in [0, 0.05) is 23.1 Å². The van der Waals surface area contributed by atoms with Gasteiger partial charge in [0.1, 0.15) is 0 Å². The fraction of sp³-hybridized carbons (Fsp3) is 0.628. The maximum absolute atomic E-state index is 14.4. The second-order valence-electron chi connectivity index (χ2n) is 17.4. The third kappa shape index (κ3) is 7.04. The lowest BCUT2D eigenvalue weighted by Gasteiger charge is -2.58. The lowest BCUT2D eigenvalue weighted by molar-refractivity contribution is -0.103. The molecule has 8 heteroatoms. The molecule has 0 spiro atoms. The summed E-state index contributed by atoms with van der Waals surface area (Å²) in [6, 6.07) is 8.92. The van der Waals surface area contributed by atoms with Gasteiger partial charge in [-0.3, -0.25) is 4.79 Å². The third-order valence-electron chi connectivity index (χ3n) is 13.8. The van der Waals surface area contributed by atoms with E-state index in [1.54, 1.807) is 6.07 Å². The average Bonchev–Trinajstić information content (AvgIpc) is 3.32. The van der Waals surface area contributed by atoms with E-state index in [4.69, 9.17) is 4.74 Å². The number of nitrogens with zero attached hydrogens (tertiary/aromatic N) is 1. The van der Waals surface area contributed by atoms with Crippen molar-refractivity contribution in [3.63, 3.8) is 0 Å². The van der Waals surface area contributed by atoms with E-state index in [0.717, 1.165) is 66.7 Å². The minimum absolute atomic E-state index is 0.0477. The molecule has 6 nitrogen and oxygen atoms in total. The second kappa shape index (κ2) is 14.0. The number of aliphatic hydroxyl groups is 2. The quantitative estimate of drug-likeness (QED) is 0.222. The Kier molecular flexibility index (Phi) is 9.98. The minimum atomic E-state index is -1.28. The van der Waals surface area contributed by atoms with Gasteiger partial charge in [0.15, 0.2) is 17.4 Å². The highest BCUT2D eigenvalue weighted by Crippen LogP contribution is 2.62. The molecule has 4 atom stereocenters. The predicted octanol–water partition coefficient (Wildman–Crippen LogP) is 8.91. The molecule has 2 N–H and O–H groups in total. The molecule has 276 valence electrons. The number of hydrogen-bond donors (Lipinski definition) is 2. The average molecular weight is 704 g/mol. The largest absolute Gasteiger partial charge is 0.450 e. The van der Waals surface area contributed by atoms with Gasteiger partial charge in [-0.1, -0.05) is 30.7 Å². The van der Waals surface area contributed by atoms with Crippen molar-refractivity contribution >= 4 is 11.9 Å². The molecule has 2 aromatic carbocycles. The maximum Gasteiger partial charge on any atom is 0.409 e. The number of ketones is 1. The third-order valence-corrected chi connectivity index (χ3v) is 13.8. The van der Waals surface area contributed by atoms with Crippen molar-refractivity contribution in [3.8, 4) is 0 Å². The predicted molar refractivity (Wildman–Crippen MR) is 192 cm³/mol. The Labute approximate surface area is 301 Å². The van der Waals surface area contributed by atoms with Gasteiger partial charge in [-0.05, 0) is 162 Å². The van der Waals surface area contributed by atoms with Gasteiger partial charge in [0.2, 0.25) is 0 Å². The first-order valence-electron chi connectivity index (χ1n) is 19.4. The van der Waals surface area contributed by atoms with Gasteiger partial charge in [-0.2, -0.15) is 0 Å². The second-order valence-corrected chi connectivity index (χ2v) is 17.4. The van der Waals surface area contributed by atoms with Crippen molar-refractivity contribution in [2.75, 3.05) is 19.7 Å². The Morgan fingerprint density at radius 1 is 0.941 bits per heavy atom. The van der Waals surface area contributed by atoms with E-state index in [-0.39, 0.29) is 36.1 Å². The molecule has 9 rings (SSSR count). The number of benzene rings is 2. The summed E-state index contributed by atoms with van der Waals surface area (Å²) in [5.74, 6) is -0.615. The molecule has 0 aliphatic heterocycles. The summed E-state index contributed by atoms with van der Waals surface area (Å²) in [6.07, 6.45) is 12.5. The summed E-state index contributed by atoms with van der Waals surface area (Å²) in [6.45, 7) is 7.02. The zero-order valence-electron chi connectivity index (χ0n) is 30.6. The van der Waals surface area contributed by atoms with Crippen LogP contribution in [0.15, 0.2) is 48.0 Å². The van der Waals surface area contributed by atoms with Crippen LogP contribution in [0.3, 0.4) is 0 Å². The monoisotopic (exact) mass is 703 g/mol. The zero-order chi connectivity index (χ0) is 36.1. The Hall–Kier alpha value is -3.10. The Morgan fingerprint density at radius 3 is 2.31 bits per heavy atom. The summed E-state index contributed by atoms with van der Waals surface area (Å²) in [4.78, 5) is 29.9. The highest BCUT2D eigenvalue weighted by Gasteiger charge is 2.59. The zero-order valence-corrected chi connectivity index (χ0v) is 30.6. The summed E-state index contributed by atoms with van der Waals surface area (Å²) >= 11 is 0. The topological polar surface area (TPSA) is 87.1 Å². The number of halogens is 2. The minimum Gasteiger partial charge on any atom is -0.450 e. The van der Waals surface area contributed by atoms with E-state index in [9.17, 15) is 28.6 Å². The highest BCUT2D eigenvalue weighted by atomic mass is 19.2. The molecular formula is C43H55F2NO5. The molecule has 7 aliphatic rings. The number of allylic oxidation sites excluding steroid dienone is 2.